The van der Waals surface area contributed by atoms with Crippen molar-refractivity contribution in [1.82, 2.24) is 0 Å². The summed E-state index contributed by atoms with van der Waals surface area (Å²) in [6.07, 6.45) is 0. The Morgan fingerprint density at radius 2 is 2.07 bits per heavy atom. The second-order valence-corrected chi connectivity index (χ2v) is 2.42. The molecule has 6 heteroatoms. The summed E-state index contributed by atoms with van der Waals surface area (Å²) in [6, 6.07) is 4.10. The molecule has 4 nitrogen and oxygen atoms in total. The molecule has 0 aliphatic carbocycles. The molecule has 0 spiro atoms. The molecule has 5 N–H and O–H groups in total. The Morgan fingerprint density at radius 1 is 1.50 bits per heavy atom. The lowest BCUT2D eigenvalue weighted by molar-refractivity contribution is -0.114. The van der Waals surface area contributed by atoms with Crippen LogP contribution in [0.3, 0.4) is 0 Å². The zero-order valence-corrected chi connectivity index (χ0v) is 8.32. The van der Waals surface area contributed by atoms with Crippen molar-refractivity contribution in [2.75, 3.05) is 11.1 Å². The van der Waals surface area contributed by atoms with Crippen LogP contribution in [0.15, 0.2) is 18.2 Å². The molecule has 1 rings (SSSR count). The van der Waals surface area contributed by atoms with Gasteiger partial charge in [-0.25, -0.2) is 4.39 Å². The Morgan fingerprint density at radius 3 is 2.50 bits per heavy atom. The molecule has 0 heterocycles. The number of nitrogens with one attached hydrogen (secondary N) is 1. The van der Waals surface area contributed by atoms with Crippen LogP contribution in [0.5, 0.6) is 0 Å². The van der Waals surface area contributed by atoms with Gasteiger partial charge in [-0.05, 0) is 18.2 Å². The Labute approximate surface area is 87.0 Å². The van der Waals surface area contributed by atoms with Crippen LogP contribution in [0.25, 0.3) is 0 Å². The van der Waals surface area contributed by atoms with Crippen LogP contribution in [0, 0.1) is 5.82 Å². The average molecular weight is 223 g/mol. The van der Waals surface area contributed by atoms with Gasteiger partial charge >= 0.3 is 0 Å². The SMILES string of the molecule is CC(=O)Nc1ccc(N)cc1F.Cl.O. The van der Waals surface area contributed by atoms with E-state index in [1.165, 1.54) is 19.1 Å². The molecule has 0 radical (unpaired) electrons. The number of hydrogen-bond acceptors (Lipinski definition) is 2. The number of nitrogen functional groups attached to an aromatic ring is 1. The van der Waals surface area contributed by atoms with Gasteiger partial charge in [-0.3, -0.25) is 4.79 Å². The van der Waals surface area contributed by atoms with E-state index in [1.807, 2.05) is 0 Å². The normalized spacial score (nSPS) is 8.14. The van der Waals surface area contributed by atoms with Gasteiger partial charge in [0.1, 0.15) is 5.82 Å². The van der Waals surface area contributed by atoms with Gasteiger partial charge < -0.3 is 16.5 Å². The molecule has 0 atom stereocenters. The third-order valence-electron chi connectivity index (χ3n) is 1.30. The fourth-order valence-electron chi connectivity index (χ4n) is 0.822. The molecule has 1 amide bonds. The fraction of sp³-hybridized carbons (Fsp3) is 0.125. The smallest absolute Gasteiger partial charge is 0.221 e. The number of carbonyl (C=O) groups is 1. The van der Waals surface area contributed by atoms with Crippen molar-refractivity contribution in [3.8, 4) is 0 Å². The maximum atomic E-state index is 12.9. The van der Waals surface area contributed by atoms with Crippen molar-refractivity contribution in [1.29, 1.82) is 0 Å². The molecular formula is C8H12ClFN2O2. The Kier molecular flexibility index (Phi) is 6.68. The van der Waals surface area contributed by atoms with Crippen LogP contribution in [-0.4, -0.2) is 11.4 Å². The number of amides is 1. The second kappa shape index (κ2) is 6.17. The van der Waals surface area contributed by atoms with Gasteiger partial charge in [0.15, 0.2) is 0 Å². The first-order chi connectivity index (χ1) is 5.59. The zero-order chi connectivity index (χ0) is 9.14. The highest BCUT2D eigenvalue weighted by Gasteiger charge is 2.02. The minimum Gasteiger partial charge on any atom is -0.412 e. The quantitative estimate of drug-likeness (QED) is 0.694. The molecule has 0 bridgehead atoms. The van der Waals surface area contributed by atoms with Crippen LogP contribution >= 0.6 is 12.4 Å². The number of carbonyl (C=O) groups excluding carboxylic acids is 1. The summed E-state index contributed by atoms with van der Waals surface area (Å²) in [5.41, 5.74) is 5.79. The predicted octanol–water partition coefficient (Wildman–Crippen LogP) is 0.963. The molecule has 14 heavy (non-hydrogen) atoms. The van der Waals surface area contributed by atoms with Crippen LogP contribution < -0.4 is 11.1 Å². The van der Waals surface area contributed by atoms with Gasteiger partial charge in [-0.15, -0.1) is 12.4 Å². The molecule has 1 aromatic rings. The number of benzene rings is 1. The Balaban J connectivity index is 0. The Bertz CT molecular complexity index is 320. The van der Waals surface area contributed by atoms with E-state index in [2.05, 4.69) is 5.32 Å². The van der Waals surface area contributed by atoms with Crippen molar-refractivity contribution >= 4 is 29.7 Å². The van der Waals surface area contributed by atoms with E-state index in [9.17, 15) is 9.18 Å². The maximum absolute atomic E-state index is 12.9. The van der Waals surface area contributed by atoms with Crippen LogP contribution in [0.2, 0.25) is 0 Å². The van der Waals surface area contributed by atoms with E-state index in [-0.39, 0.29) is 29.5 Å². The third kappa shape index (κ3) is 4.06. The number of nitrogens with two attached hydrogens (primary N) is 1. The van der Waals surface area contributed by atoms with Crippen molar-refractivity contribution < 1.29 is 14.7 Å². The summed E-state index contributed by atoms with van der Waals surface area (Å²) in [4.78, 5) is 10.5. The van der Waals surface area contributed by atoms with Gasteiger partial charge in [0, 0.05) is 12.6 Å². The van der Waals surface area contributed by atoms with Crippen LogP contribution in [-0.2, 0) is 4.79 Å². The minimum atomic E-state index is -0.523. The predicted molar refractivity (Wildman–Crippen MR) is 56.0 cm³/mol. The van der Waals surface area contributed by atoms with Crippen molar-refractivity contribution in [2.24, 2.45) is 0 Å². The molecule has 1 aromatic carbocycles. The van der Waals surface area contributed by atoms with Crippen molar-refractivity contribution in [3.05, 3.63) is 24.0 Å². The summed E-state index contributed by atoms with van der Waals surface area (Å²) >= 11 is 0. The highest BCUT2D eigenvalue weighted by atomic mass is 35.5. The van der Waals surface area contributed by atoms with Gasteiger partial charge in [0.2, 0.25) is 5.91 Å². The molecule has 80 valence electrons. The number of halogens is 2. The van der Waals surface area contributed by atoms with E-state index >= 15 is 0 Å². The zero-order valence-electron chi connectivity index (χ0n) is 7.50. The standard InChI is InChI=1S/C8H9FN2O.ClH.H2O/c1-5(12)11-8-3-2-6(10)4-7(8)9;;/h2-4H,10H2,1H3,(H,11,12);1H;1H2. The van der Waals surface area contributed by atoms with E-state index in [4.69, 9.17) is 5.73 Å². The van der Waals surface area contributed by atoms with E-state index in [1.54, 1.807) is 0 Å². The lowest BCUT2D eigenvalue weighted by Gasteiger charge is -2.03. The minimum absolute atomic E-state index is 0. The molecule has 0 aromatic heterocycles. The van der Waals surface area contributed by atoms with Gasteiger partial charge in [0.05, 0.1) is 5.69 Å². The van der Waals surface area contributed by atoms with Gasteiger partial charge in [-0.2, -0.15) is 0 Å². The number of anilines is 2. The van der Waals surface area contributed by atoms with E-state index < -0.39 is 5.82 Å². The van der Waals surface area contributed by atoms with E-state index in [0.717, 1.165) is 6.07 Å². The molecular weight excluding hydrogens is 211 g/mol. The van der Waals surface area contributed by atoms with Crippen LogP contribution in [0.1, 0.15) is 6.92 Å². The third-order valence-corrected chi connectivity index (χ3v) is 1.30. The summed E-state index contributed by atoms with van der Waals surface area (Å²) in [6.45, 7) is 1.32. The molecule has 0 unspecified atom stereocenters. The van der Waals surface area contributed by atoms with Crippen LogP contribution in [0.4, 0.5) is 15.8 Å². The first kappa shape index (κ1) is 15.2. The molecule has 0 aliphatic heterocycles. The molecule has 0 saturated carbocycles. The Hall–Kier alpha value is -1.33. The summed E-state index contributed by atoms with van der Waals surface area (Å²) in [7, 11) is 0. The monoisotopic (exact) mass is 222 g/mol. The number of rotatable bonds is 1. The lowest BCUT2D eigenvalue weighted by atomic mass is 10.2. The number of hydrogen-bond donors (Lipinski definition) is 2. The first-order valence-corrected chi connectivity index (χ1v) is 3.42. The largest absolute Gasteiger partial charge is 0.412 e. The summed E-state index contributed by atoms with van der Waals surface area (Å²) in [5.74, 6) is -0.830. The summed E-state index contributed by atoms with van der Waals surface area (Å²) in [5, 5.41) is 2.33. The summed E-state index contributed by atoms with van der Waals surface area (Å²) < 4.78 is 12.9. The van der Waals surface area contributed by atoms with Crippen molar-refractivity contribution in [2.45, 2.75) is 6.92 Å². The molecule has 0 saturated heterocycles. The maximum Gasteiger partial charge on any atom is 0.221 e. The molecule has 0 aliphatic rings. The van der Waals surface area contributed by atoms with Crippen molar-refractivity contribution in [3.63, 3.8) is 0 Å². The van der Waals surface area contributed by atoms with E-state index in [0.29, 0.717) is 5.69 Å². The van der Waals surface area contributed by atoms with Gasteiger partial charge in [0.25, 0.3) is 0 Å². The second-order valence-electron chi connectivity index (χ2n) is 2.42. The molecule has 0 fully saturated rings. The first-order valence-electron chi connectivity index (χ1n) is 3.42. The van der Waals surface area contributed by atoms with Gasteiger partial charge in [-0.1, -0.05) is 0 Å². The average Bonchev–Trinajstić information content (AvgIpc) is 1.94. The lowest BCUT2D eigenvalue weighted by Crippen LogP contribution is -2.07. The fourth-order valence-corrected chi connectivity index (χ4v) is 0.822. The topological polar surface area (TPSA) is 86.6 Å². The highest BCUT2D eigenvalue weighted by Crippen LogP contribution is 2.16. The highest BCUT2D eigenvalue weighted by molar-refractivity contribution is 5.88.